The van der Waals surface area contributed by atoms with Crippen LogP contribution in [0.25, 0.3) is 0 Å². The Hall–Kier alpha value is -0.540. The molecule has 0 aliphatic heterocycles. The van der Waals surface area contributed by atoms with Crippen LogP contribution in [0.5, 0.6) is 5.75 Å². The van der Waals surface area contributed by atoms with Crippen molar-refractivity contribution < 1.29 is 4.74 Å². The van der Waals surface area contributed by atoms with Crippen LogP contribution in [-0.4, -0.2) is 19.7 Å². The van der Waals surface area contributed by atoms with Crippen molar-refractivity contribution >= 4 is 15.9 Å². The van der Waals surface area contributed by atoms with E-state index in [-0.39, 0.29) is 0 Å². The summed E-state index contributed by atoms with van der Waals surface area (Å²) in [6.45, 7) is 7.31. The first-order valence-electron chi connectivity index (χ1n) is 6.35. The molecule has 96 valence electrons. The molecule has 17 heavy (non-hydrogen) atoms. The first-order chi connectivity index (χ1) is 8.26. The third kappa shape index (κ3) is 6.08. The summed E-state index contributed by atoms with van der Waals surface area (Å²) in [5.74, 6) is 1.65. The van der Waals surface area contributed by atoms with Crippen molar-refractivity contribution in [2.24, 2.45) is 5.92 Å². The van der Waals surface area contributed by atoms with Gasteiger partial charge in [0.05, 0.1) is 6.61 Å². The van der Waals surface area contributed by atoms with Crippen molar-refractivity contribution in [3.63, 3.8) is 0 Å². The Morgan fingerprint density at radius 1 is 1.35 bits per heavy atom. The van der Waals surface area contributed by atoms with Crippen LogP contribution in [0.4, 0.5) is 0 Å². The molecule has 0 saturated carbocycles. The van der Waals surface area contributed by atoms with Crippen LogP contribution in [0.15, 0.2) is 28.7 Å². The molecule has 1 atom stereocenters. The predicted molar refractivity (Wildman–Crippen MR) is 76.6 cm³/mol. The monoisotopic (exact) mass is 299 g/mol. The van der Waals surface area contributed by atoms with E-state index >= 15 is 0 Å². The van der Waals surface area contributed by atoms with E-state index in [1.807, 2.05) is 24.3 Å². The highest BCUT2D eigenvalue weighted by Crippen LogP contribution is 2.18. The zero-order valence-electron chi connectivity index (χ0n) is 10.7. The zero-order chi connectivity index (χ0) is 12.5. The molecule has 0 bridgehead atoms. The minimum absolute atomic E-state index is 0.710. The van der Waals surface area contributed by atoms with Gasteiger partial charge >= 0.3 is 0 Å². The van der Waals surface area contributed by atoms with E-state index in [1.165, 1.54) is 6.42 Å². The fourth-order valence-electron chi connectivity index (χ4n) is 1.70. The normalized spacial score (nSPS) is 12.4. The summed E-state index contributed by atoms with van der Waals surface area (Å²) in [7, 11) is 0. The highest BCUT2D eigenvalue weighted by atomic mass is 79.9. The summed E-state index contributed by atoms with van der Waals surface area (Å²) in [6, 6.07) is 8.00. The largest absolute Gasteiger partial charge is 0.494 e. The quantitative estimate of drug-likeness (QED) is 0.787. The molecule has 1 aromatic rings. The Morgan fingerprint density at radius 3 is 2.82 bits per heavy atom. The molecule has 0 heterocycles. The number of nitrogens with one attached hydrogen (secondary N) is 1. The summed E-state index contributed by atoms with van der Waals surface area (Å²) in [5, 5.41) is 3.39. The number of halogens is 1. The molecule has 0 aromatic heterocycles. The highest BCUT2D eigenvalue weighted by Gasteiger charge is 2.05. The lowest BCUT2D eigenvalue weighted by Gasteiger charge is -2.15. The van der Waals surface area contributed by atoms with Crippen LogP contribution < -0.4 is 10.1 Å². The van der Waals surface area contributed by atoms with Gasteiger partial charge in [0.2, 0.25) is 0 Å². The number of ether oxygens (including phenoxy) is 1. The van der Waals surface area contributed by atoms with Gasteiger partial charge in [-0.1, -0.05) is 42.3 Å². The minimum Gasteiger partial charge on any atom is -0.494 e. The molecule has 0 aliphatic carbocycles. The van der Waals surface area contributed by atoms with Crippen molar-refractivity contribution in [2.75, 3.05) is 19.7 Å². The van der Waals surface area contributed by atoms with Gasteiger partial charge in [0.25, 0.3) is 0 Å². The molecule has 0 amide bonds. The second-order valence-electron chi connectivity index (χ2n) is 4.18. The fraction of sp³-hybridized carbons (Fsp3) is 0.571. The zero-order valence-corrected chi connectivity index (χ0v) is 12.3. The highest BCUT2D eigenvalue weighted by molar-refractivity contribution is 9.10. The van der Waals surface area contributed by atoms with Gasteiger partial charge in [-0.15, -0.1) is 0 Å². The van der Waals surface area contributed by atoms with Crippen LogP contribution in [0, 0.1) is 5.92 Å². The summed E-state index contributed by atoms with van der Waals surface area (Å²) in [4.78, 5) is 0. The molecular formula is C14H22BrNO. The van der Waals surface area contributed by atoms with E-state index in [4.69, 9.17) is 4.74 Å². The molecule has 1 N–H and O–H groups in total. The molecule has 1 unspecified atom stereocenters. The summed E-state index contributed by atoms with van der Waals surface area (Å²) < 4.78 is 6.81. The Labute approximate surface area is 113 Å². The predicted octanol–water partition coefficient (Wildman–Crippen LogP) is 3.85. The van der Waals surface area contributed by atoms with Gasteiger partial charge in [-0.25, -0.2) is 0 Å². The van der Waals surface area contributed by atoms with Crippen LogP contribution >= 0.6 is 15.9 Å². The van der Waals surface area contributed by atoms with Gasteiger partial charge in [0.1, 0.15) is 5.75 Å². The third-order valence-corrected chi connectivity index (χ3v) is 3.34. The average Bonchev–Trinajstić information content (AvgIpc) is 2.33. The molecule has 0 spiro atoms. The smallest absolute Gasteiger partial charge is 0.120 e. The molecule has 1 rings (SSSR count). The Balaban J connectivity index is 2.26. The first kappa shape index (κ1) is 14.5. The SMILES string of the molecule is CCNCC(CC)CCOc1cccc(Br)c1. The van der Waals surface area contributed by atoms with Gasteiger partial charge in [-0.05, 0) is 43.6 Å². The van der Waals surface area contributed by atoms with E-state index < -0.39 is 0 Å². The van der Waals surface area contributed by atoms with Gasteiger partial charge in [0.15, 0.2) is 0 Å². The van der Waals surface area contributed by atoms with Gasteiger partial charge in [-0.3, -0.25) is 0 Å². The Bertz CT molecular complexity index is 317. The number of rotatable bonds is 8. The second-order valence-corrected chi connectivity index (χ2v) is 5.09. The van der Waals surface area contributed by atoms with Gasteiger partial charge < -0.3 is 10.1 Å². The van der Waals surface area contributed by atoms with E-state index in [1.54, 1.807) is 0 Å². The van der Waals surface area contributed by atoms with E-state index in [9.17, 15) is 0 Å². The number of hydrogen-bond donors (Lipinski definition) is 1. The first-order valence-corrected chi connectivity index (χ1v) is 7.14. The van der Waals surface area contributed by atoms with Gasteiger partial charge in [-0.2, -0.15) is 0 Å². The van der Waals surface area contributed by atoms with Crippen LogP contribution in [0.3, 0.4) is 0 Å². The maximum atomic E-state index is 5.74. The van der Waals surface area contributed by atoms with Crippen LogP contribution in [-0.2, 0) is 0 Å². The van der Waals surface area contributed by atoms with Crippen molar-refractivity contribution in [3.05, 3.63) is 28.7 Å². The van der Waals surface area contributed by atoms with E-state index in [0.717, 1.165) is 36.3 Å². The molecule has 1 aromatic carbocycles. The van der Waals surface area contributed by atoms with Crippen LogP contribution in [0.1, 0.15) is 26.7 Å². The maximum absolute atomic E-state index is 5.74. The van der Waals surface area contributed by atoms with Crippen molar-refractivity contribution in [2.45, 2.75) is 26.7 Å². The van der Waals surface area contributed by atoms with Crippen molar-refractivity contribution in [1.82, 2.24) is 5.32 Å². The molecule has 2 nitrogen and oxygen atoms in total. The Kier molecular flexibility index (Phi) is 7.29. The molecule has 0 saturated heterocycles. The van der Waals surface area contributed by atoms with E-state index in [2.05, 4.69) is 35.1 Å². The number of benzene rings is 1. The van der Waals surface area contributed by atoms with Crippen molar-refractivity contribution in [3.8, 4) is 5.75 Å². The van der Waals surface area contributed by atoms with Gasteiger partial charge in [0, 0.05) is 4.47 Å². The van der Waals surface area contributed by atoms with E-state index in [0.29, 0.717) is 5.92 Å². The average molecular weight is 300 g/mol. The molecule has 3 heteroatoms. The molecule has 0 fully saturated rings. The maximum Gasteiger partial charge on any atom is 0.120 e. The standard InChI is InChI=1S/C14H22BrNO/c1-3-12(11-16-4-2)8-9-17-14-7-5-6-13(15)10-14/h5-7,10,12,16H,3-4,8-9,11H2,1-2H3. The summed E-state index contributed by atoms with van der Waals surface area (Å²) in [5.41, 5.74) is 0. The van der Waals surface area contributed by atoms with Crippen LogP contribution in [0.2, 0.25) is 0 Å². The minimum atomic E-state index is 0.710. The lowest BCUT2D eigenvalue weighted by atomic mass is 10.0. The Morgan fingerprint density at radius 2 is 2.18 bits per heavy atom. The second kappa shape index (κ2) is 8.54. The summed E-state index contributed by atoms with van der Waals surface area (Å²) in [6.07, 6.45) is 2.31. The molecular weight excluding hydrogens is 278 g/mol. The lowest BCUT2D eigenvalue weighted by molar-refractivity contribution is 0.271. The third-order valence-electron chi connectivity index (χ3n) is 2.85. The molecule has 0 radical (unpaired) electrons. The number of hydrogen-bond acceptors (Lipinski definition) is 2. The summed E-state index contributed by atoms with van der Waals surface area (Å²) >= 11 is 3.44. The van der Waals surface area contributed by atoms with Crippen molar-refractivity contribution in [1.29, 1.82) is 0 Å². The molecule has 0 aliphatic rings. The fourth-order valence-corrected chi connectivity index (χ4v) is 2.08. The topological polar surface area (TPSA) is 21.3 Å². The lowest BCUT2D eigenvalue weighted by Crippen LogP contribution is -2.23.